The summed E-state index contributed by atoms with van der Waals surface area (Å²) in [5.74, 6) is 1.10. The highest BCUT2D eigenvalue weighted by Crippen LogP contribution is 2.19. The van der Waals surface area contributed by atoms with Crippen LogP contribution in [0, 0.1) is 11.8 Å². The summed E-state index contributed by atoms with van der Waals surface area (Å²) in [7, 11) is -2.98. The number of hydrogen-bond donors (Lipinski definition) is 1. The molecule has 1 fully saturated rings. The van der Waals surface area contributed by atoms with Crippen LogP contribution in [0.15, 0.2) is 0 Å². The maximum atomic E-state index is 11.7. The molecule has 4 nitrogen and oxygen atoms in total. The molecular formula is C9H20N2O2S. The monoisotopic (exact) mass is 220 g/mol. The molecule has 0 amide bonds. The third kappa shape index (κ3) is 2.93. The molecule has 1 aliphatic rings. The van der Waals surface area contributed by atoms with Gasteiger partial charge in [0.05, 0.1) is 5.75 Å². The van der Waals surface area contributed by atoms with Gasteiger partial charge in [-0.2, -0.15) is 0 Å². The lowest BCUT2D eigenvalue weighted by atomic mass is 10.0. The lowest BCUT2D eigenvalue weighted by Gasteiger charge is -2.37. The highest BCUT2D eigenvalue weighted by molar-refractivity contribution is 7.89. The van der Waals surface area contributed by atoms with Gasteiger partial charge in [0.25, 0.3) is 0 Å². The van der Waals surface area contributed by atoms with Gasteiger partial charge in [-0.05, 0) is 24.8 Å². The summed E-state index contributed by atoms with van der Waals surface area (Å²) in [4.78, 5) is 0. The zero-order chi connectivity index (χ0) is 10.8. The zero-order valence-electron chi connectivity index (χ0n) is 8.94. The Morgan fingerprint density at radius 3 is 2.43 bits per heavy atom. The van der Waals surface area contributed by atoms with Crippen molar-refractivity contribution in [2.45, 2.75) is 20.3 Å². The molecule has 0 radical (unpaired) electrons. The Morgan fingerprint density at radius 2 is 2.00 bits per heavy atom. The minimum Gasteiger partial charge on any atom is -0.330 e. The molecule has 5 heteroatoms. The topological polar surface area (TPSA) is 63.4 Å². The second-order valence-electron chi connectivity index (χ2n) is 4.42. The van der Waals surface area contributed by atoms with Gasteiger partial charge in [0.1, 0.15) is 0 Å². The molecule has 1 aliphatic heterocycles. The van der Waals surface area contributed by atoms with Gasteiger partial charge >= 0.3 is 0 Å². The van der Waals surface area contributed by atoms with Crippen molar-refractivity contribution in [1.29, 1.82) is 0 Å². The normalized spacial score (nSPS) is 20.0. The van der Waals surface area contributed by atoms with Crippen molar-refractivity contribution in [3.05, 3.63) is 0 Å². The molecule has 0 saturated carbocycles. The summed E-state index contributed by atoms with van der Waals surface area (Å²) in [5, 5.41) is 0. The van der Waals surface area contributed by atoms with E-state index in [1.807, 2.05) is 13.8 Å². The SMILES string of the molecule is CC(C)CCS(=O)(=O)N1CC(CN)C1. The van der Waals surface area contributed by atoms with Crippen LogP contribution in [0.1, 0.15) is 20.3 Å². The molecule has 1 saturated heterocycles. The van der Waals surface area contributed by atoms with Crippen LogP contribution in [0.2, 0.25) is 0 Å². The molecule has 1 heterocycles. The van der Waals surface area contributed by atoms with Crippen molar-refractivity contribution in [1.82, 2.24) is 4.31 Å². The average Bonchev–Trinajstić information content (AvgIpc) is 1.99. The van der Waals surface area contributed by atoms with Crippen LogP contribution in [0.25, 0.3) is 0 Å². The van der Waals surface area contributed by atoms with Crippen LogP contribution >= 0.6 is 0 Å². The van der Waals surface area contributed by atoms with E-state index in [9.17, 15) is 8.42 Å². The summed E-state index contributed by atoms with van der Waals surface area (Å²) in [6.07, 6.45) is 0.742. The van der Waals surface area contributed by atoms with Crippen molar-refractivity contribution in [2.24, 2.45) is 17.6 Å². The van der Waals surface area contributed by atoms with Crippen LogP contribution in [0.3, 0.4) is 0 Å². The van der Waals surface area contributed by atoms with Gasteiger partial charge in [0, 0.05) is 13.1 Å². The van der Waals surface area contributed by atoms with Crippen molar-refractivity contribution < 1.29 is 8.42 Å². The van der Waals surface area contributed by atoms with Gasteiger partial charge in [0.15, 0.2) is 0 Å². The standard InChI is InChI=1S/C9H20N2O2S/c1-8(2)3-4-14(12,13)11-6-9(5-10)7-11/h8-9H,3-7,10H2,1-2H3. The van der Waals surface area contributed by atoms with E-state index in [0.29, 0.717) is 31.5 Å². The average molecular weight is 220 g/mol. The minimum absolute atomic E-state index is 0.280. The molecule has 0 atom stereocenters. The Morgan fingerprint density at radius 1 is 1.43 bits per heavy atom. The molecule has 0 aromatic carbocycles. The molecule has 84 valence electrons. The van der Waals surface area contributed by atoms with E-state index in [4.69, 9.17) is 5.73 Å². The van der Waals surface area contributed by atoms with Crippen molar-refractivity contribution in [2.75, 3.05) is 25.4 Å². The van der Waals surface area contributed by atoms with Gasteiger partial charge in [-0.1, -0.05) is 13.8 Å². The van der Waals surface area contributed by atoms with E-state index in [2.05, 4.69) is 0 Å². The highest BCUT2D eigenvalue weighted by atomic mass is 32.2. The predicted octanol–water partition coefficient (Wildman–Crippen LogP) is 0.253. The van der Waals surface area contributed by atoms with Crippen LogP contribution < -0.4 is 5.73 Å². The first-order valence-electron chi connectivity index (χ1n) is 5.13. The van der Waals surface area contributed by atoms with Crippen LogP contribution in [0.5, 0.6) is 0 Å². The van der Waals surface area contributed by atoms with Gasteiger partial charge in [0.2, 0.25) is 10.0 Å². The fourth-order valence-electron chi connectivity index (χ4n) is 1.41. The van der Waals surface area contributed by atoms with E-state index in [-0.39, 0.29) is 5.75 Å². The van der Waals surface area contributed by atoms with Crippen LogP contribution in [0.4, 0.5) is 0 Å². The third-order valence-corrected chi connectivity index (χ3v) is 4.44. The number of nitrogens with zero attached hydrogens (tertiary/aromatic N) is 1. The Labute approximate surface area is 86.5 Å². The fourth-order valence-corrected chi connectivity index (χ4v) is 3.32. The van der Waals surface area contributed by atoms with E-state index >= 15 is 0 Å². The molecule has 0 bridgehead atoms. The number of hydrogen-bond acceptors (Lipinski definition) is 3. The van der Waals surface area contributed by atoms with Crippen LogP contribution in [-0.2, 0) is 10.0 Å². The van der Waals surface area contributed by atoms with Gasteiger partial charge in [-0.25, -0.2) is 12.7 Å². The van der Waals surface area contributed by atoms with E-state index in [0.717, 1.165) is 6.42 Å². The Balaban J connectivity index is 2.36. The molecule has 14 heavy (non-hydrogen) atoms. The van der Waals surface area contributed by atoms with Gasteiger partial charge in [-0.15, -0.1) is 0 Å². The summed E-state index contributed by atoms with van der Waals surface area (Å²) in [6.45, 7) is 5.91. The van der Waals surface area contributed by atoms with E-state index in [1.165, 1.54) is 0 Å². The maximum Gasteiger partial charge on any atom is 0.214 e. The largest absolute Gasteiger partial charge is 0.330 e. The van der Waals surface area contributed by atoms with E-state index < -0.39 is 10.0 Å². The zero-order valence-corrected chi connectivity index (χ0v) is 9.76. The lowest BCUT2D eigenvalue weighted by Crippen LogP contribution is -2.53. The summed E-state index contributed by atoms with van der Waals surface area (Å²) in [5.41, 5.74) is 5.44. The molecule has 0 unspecified atom stereocenters. The second kappa shape index (κ2) is 4.59. The number of rotatable bonds is 5. The quantitative estimate of drug-likeness (QED) is 0.722. The first-order valence-corrected chi connectivity index (χ1v) is 6.74. The molecule has 0 aromatic heterocycles. The van der Waals surface area contributed by atoms with Gasteiger partial charge in [-0.3, -0.25) is 0 Å². The summed E-state index contributed by atoms with van der Waals surface area (Å²) >= 11 is 0. The molecule has 0 aliphatic carbocycles. The van der Waals surface area contributed by atoms with Crippen molar-refractivity contribution in [3.8, 4) is 0 Å². The van der Waals surface area contributed by atoms with Gasteiger partial charge < -0.3 is 5.73 Å². The van der Waals surface area contributed by atoms with E-state index in [1.54, 1.807) is 4.31 Å². The van der Waals surface area contributed by atoms with Crippen molar-refractivity contribution >= 4 is 10.0 Å². The molecular weight excluding hydrogens is 200 g/mol. The molecule has 1 rings (SSSR count). The Kier molecular flexibility index (Phi) is 3.92. The predicted molar refractivity (Wildman–Crippen MR) is 57.4 cm³/mol. The maximum absolute atomic E-state index is 11.7. The van der Waals surface area contributed by atoms with Crippen molar-refractivity contribution in [3.63, 3.8) is 0 Å². The fraction of sp³-hybridized carbons (Fsp3) is 1.00. The first kappa shape index (κ1) is 11.9. The Bertz CT molecular complexity index is 269. The second-order valence-corrected chi connectivity index (χ2v) is 6.51. The van der Waals surface area contributed by atoms with Crippen LogP contribution in [-0.4, -0.2) is 38.1 Å². The molecule has 2 N–H and O–H groups in total. The third-order valence-electron chi connectivity index (χ3n) is 2.60. The lowest BCUT2D eigenvalue weighted by molar-refractivity contribution is 0.207. The molecule has 0 aromatic rings. The first-order chi connectivity index (χ1) is 6.45. The number of sulfonamides is 1. The summed E-state index contributed by atoms with van der Waals surface area (Å²) in [6, 6.07) is 0. The highest BCUT2D eigenvalue weighted by Gasteiger charge is 2.34. The number of nitrogens with two attached hydrogens (primary N) is 1. The minimum atomic E-state index is -2.98. The Hall–Kier alpha value is -0.130. The summed E-state index contributed by atoms with van der Waals surface area (Å²) < 4.78 is 24.9. The smallest absolute Gasteiger partial charge is 0.214 e. The molecule has 0 spiro atoms.